The van der Waals surface area contributed by atoms with Crippen molar-refractivity contribution in [3.8, 4) is 11.4 Å². The van der Waals surface area contributed by atoms with Crippen LogP contribution in [0.2, 0.25) is 0 Å². The molecule has 0 bridgehead atoms. The molecule has 0 spiro atoms. The number of nitrogens with zero attached hydrogens (tertiary/aromatic N) is 2. The van der Waals surface area contributed by atoms with Crippen molar-refractivity contribution in [3.05, 3.63) is 88.6 Å². The first-order chi connectivity index (χ1) is 10.2. The van der Waals surface area contributed by atoms with E-state index in [1.165, 1.54) is 10.9 Å². The summed E-state index contributed by atoms with van der Waals surface area (Å²) in [5, 5.41) is 9.28. The SMILES string of the molecule is O=c1cc(Cc2ccccc2)ncn1-c1ccc(O)cc1. The Morgan fingerprint density at radius 2 is 1.71 bits per heavy atom. The van der Waals surface area contributed by atoms with Gasteiger partial charge in [0, 0.05) is 12.5 Å². The molecule has 0 fully saturated rings. The van der Waals surface area contributed by atoms with Crippen LogP contribution < -0.4 is 5.56 Å². The predicted octanol–water partition coefficient (Wildman–Crippen LogP) is 2.53. The molecule has 0 aliphatic heterocycles. The Labute approximate surface area is 122 Å². The smallest absolute Gasteiger partial charge is 0.258 e. The van der Waals surface area contributed by atoms with Crippen LogP contribution in [0, 0.1) is 0 Å². The van der Waals surface area contributed by atoms with Crippen LogP contribution in [0.3, 0.4) is 0 Å². The Bertz CT molecular complexity index is 793. The van der Waals surface area contributed by atoms with Crippen LogP contribution in [0.25, 0.3) is 5.69 Å². The van der Waals surface area contributed by atoms with Gasteiger partial charge in [0.05, 0.1) is 11.4 Å². The van der Waals surface area contributed by atoms with Crippen LogP contribution in [-0.4, -0.2) is 14.7 Å². The van der Waals surface area contributed by atoms with Crippen molar-refractivity contribution < 1.29 is 5.11 Å². The van der Waals surface area contributed by atoms with Gasteiger partial charge < -0.3 is 5.11 Å². The monoisotopic (exact) mass is 278 g/mol. The summed E-state index contributed by atoms with van der Waals surface area (Å²) in [5.74, 6) is 0.167. The van der Waals surface area contributed by atoms with Crippen molar-refractivity contribution in [2.45, 2.75) is 6.42 Å². The van der Waals surface area contributed by atoms with Crippen molar-refractivity contribution in [1.29, 1.82) is 0 Å². The molecule has 0 aliphatic rings. The summed E-state index contributed by atoms with van der Waals surface area (Å²) in [6, 6.07) is 17.9. The molecule has 21 heavy (non-hydrogen) atoms. The van der Waals surface area contributed by atoms with Gasteiger partial charge in [0.2, 0.25) is 0 Å². The second-order valence-corrected chi connectivity index (χ2v) is 4.77. The molecule has 1 N–H and O–H groups in total. The molecule has 2 aromatic carbocycles. The summed E-state index contributed by atoms with van der Waals surface area (Å²) in [6.07, 6.45) is 2.15. The van der Waals surface area contributed by atoms with E-state index >= 15 is 0 Å². The maximum atomic E-state index is 12.2. The van der Waals surface area contributed by atoms with Gasteiger partial charge in [-0.15, -0.1) is 0 Å². The van der Waals surface area contributed by atoms with Gasteiger partial charge in [0.1, 0.15) is 12.1 Å². The number of hydrogen-bond acceptors (Lipinski definition) is 3. The highest BCUT2D eigenvalue weighted by molar-refractivity contribution is 5.36. The van der Waals surface area contributed by atoms with Gasteiger partial charge in [-0.1, -0.05) is 30.3 Å². The van der Waals surface area contributed by atoms with Crippen LogP contribution in [0.4, 0.5) is 0 Å². The van der Waals surface area contributed by atoms with Crippen LogP contribution >= 0.6 is 0 Å². The molecule has 0 radical (unpaired) electrons. The predicted molar refractivity (Wildman–Crippen MR) is 80.7 cm³/mol. The second-order valence-electron chi connectivity index (χ2n) is 4.77. The van der Waals surface area contributed by atoms with Crippen molar-refractivity contribution in [2.24, 2.45) is 0 Å². The molecule has 0 unspecified atom stereocenters. The van der Waals surface area contributed by atoms with Crippen molar-refractivity contribution in [3.63, 3.8) is 0 Å². The molecule has 3 rings (SSSR count). The number of hydrogen-bond donors (Lipinski definition) is 1. The first kappa shape index (κ1) is 13.1. The zero-order valence-electron chi connectivity index (χ0n) is 11.3. The van der Waals surface area contributed by atoms with E-state index in [-0.39, 0.29) is 11.3 Å². The summed E-state index contributed by atoms with van der Waals surface area (Å²) in [5.41, 5.74) is 2.39. The van der Waals surface area contributed by atoms with Gasteiger partial charge in [-0.2, -0.15) is 0 Å². The molecule has 4 heteroatoms. The highest BCUT2D eigenvalue weighted by Gasteiger charge is 2.03. The second kappa shape index (κ2) is 5.63. The minimum atomic E-state index is -0.137. The minimum Gasteiger partial charge on any atom is -0.508 e. The van der Waals surface area contributed by atoms with E-state index in [0.717, 1.165) is 11.3 Å². The Balaban J connectivity index is 1.90. The lowest BCUT2D eigenvalue weighted by molar-refractivity contribution is 0.475. The zero-order valence-corrected chi connectivity index (χ0v) is 11.3. The van der Waals surface area contributed by atoms with E-state index in [1.807, 2.05) is 30.3 Å². The van der Waals surface area contributed by atoms with Crippen LogP contribution in [-0.2, 0) is 6.42 Å². The Kier molecular flexibility index (Phi) is 3.51. The average Bonchev–Trinajstić information content (AvgIpc) is 2.50. The molecule has 1 aromatic heterocycles. The van der Waals surface area contributed by atoms with Gasteiger partial charge in [-0.3, -0.25) is 9.36 Å². The van der Waals surface area contributed by atoms with Gasteiger partial charge in [0.25, 0.3) is 5.56 Å². The maximum absolute atomic E-state index is 12.2. The minimum absolute atomic E-state index is 0.137. The number of phenols is 1. The maximum Gasteiger partial charge on any atom is 0.258 e. The molecule has 0 amide bonds. The van der Waals surface area contributed by atoms with Crippen molar-refractivity contribution in [2.75, 3.05) is 0 Å². The van der Waals surface area contributed by atoms with Crippen LogP contribution in [0.1, 0.15) is 11.3 Å². The molecular weight excluding hydrogens is 264 g/mol. The summed E-state index contributed by atoms with van der Waals surface area (Å²) >= 11 is 0. The average molecular weight is 278 g/mol. The highest BCUT2D eigenvalue weighted by Crippen LogP contribution is 2.12. The fraction of sp³-hybridized carbons (Fsp3) is 0.0588. The normalized spacial score (nSPS) is 10.5. The number of aromatic hydroxyl groups is 1. The first-order valence-electron chi connectivity index (χ1n) is 6.63. The number of rotatable bonds is 3. The van der Waals surface area contributed by atoms with Crippen molar-refractivity contribution in [1.82, 2.24) is 9.55 Å². The Hall–Kier alpha value is -2.88. The van der Waals surface area contributed by atoms with Gasteiger partial charge in [-0.05, 0) is 29.8 Å². The molecule has 3 aromatic rings. The van der Waals surface area contributed by atoms with Gasteiger partial charge >= 0.3 is 0 Å². The fourth-order valence-electron chi connectivity index (χ4n) is 2.15. The third-order valence-corrected chi connectivity index (χ3v) is 3.22. The standard InChI is InChI=1S/C17H14N2O2/c20-16-8-6-15(7-9-16)19-12-18-14(11-17(19)21)10-13-4-2-1-3-5-13/h1-9,11-12,20H,10H2. The first-order valence-corrected chi connectivity index (χ1v) is 6.63. The fourth-order valence-corrected chi connectivity index (χ4v) is 2.15. The van der Waals surface area contributed by atoms with Crippen LogP contribution in [0.15, 0.2) is 71.8 Å². The van der Waals surface area contributed by atoms with Gasteiger partial charge in [0.15, 0.2) is 0 Å². The largest absolute Gasteiger partial charge is 0.508 e. The third-order valence-electron chi connectivity index (χ3n) is 3.22. The van der Waals surface area contributed by atoms with E-state index in [2.05, 4.69) is 4.98 Å². The van der Waals surface area contributed by atoms with E-state index in [9.17, 15) is 9.90 Å². The lowest BCUT2D eigenvalue weighted by Gasteiger charge is -2.06. The lowest BCUT2D eigenvalue weighted by Crippen LogP contribution is -2.18. The van der Waals surface area contributed by atoms with E-state index in [4.69, 9.17) is 0 Å². The van der Waals surface area contributed by atoms with E-state index < -0.39 is 0 Å². The Morgan fingerprint density at radius 1 is 1.00 bits per heavy atom. The molecule has 0 atom stereocenters. The third kappa shape index (κ3) is 3.00. The molecule has 1 heterocycles. The summed E-state index contributed by atoms with van der Waals surface area (Å²) in [6.45, 7) is 0. The zero-order chi connectivity index (χ0) is 14.7. The molecule has 0 saturated carbocycles. The highest BCUT2D eigenvalue weighted by atomic mass is 16.3. The molecule has 4 nitrogen and oxygen atoms in total. The molecule has 0 saturated heterocycles. The van der Waals surface area contributed by atoms with Crippen LogP contribution in [0.5, 0.6) is 5.75 Å². The van der Waals surface area contributed by atoms with Gasteiger partial charge in [-0.25, -0.2) is 4.98 Å². The summed E-state index contributed by atoms with van der Waals surface area (Å²) in [4.78, 5) is 16.5. The Morgan fingerprint density at radius 3 is 2.38 bits per heavy atom. The number of phenolic OH excluding ortho intramolecular Hbond substituents is 1. The van der Waals surface area contributed by atoms with E-state index in [0.29, 0.717) is 12.1 Å². The lowest BCUT2D eigenvalue weighted by atomic mass is 10.1. The molecule has 0 aliphatic carbocycles. The summed E-state index contributed by atoms with van der Waals surface area (Å²) in [7, 11) is 0. The number of benzene rings is 2. The molecular formula is C17H14N2O2. The quantitative estimate of drug-likeness (QED) is 0.801. The topological polar surface area (TPSA) is 55.1 Å². The van der Waals surface area contributed by atoms with Crippen molar-refractivity contribution >= 4 is 0 Å². The van der Waals surface area contributed by atoms with E-state index in [1.54, 1.807) is 30.3 Å². The molecule has 104 valence electrons. The number of aromatic nitrogens is 2. The summed E-state index contributed by atoms with van der Waals surface area (Å²) < 4.78 is 1.45.